The second-order valence-electron chi connectivity index (χ2n) is 3.84. The van der Waals surface area contributed by atoms with Crippen LogP contribution >= 0.6 is 0 Å². The number of non-ortho nitro benzene ring substituents is 1. The summed E-state index contributed by atoms with van der Waals surface area (Å²) in [5.74, 6) is -0.279. The summed E-state index contributed by atoms with van der Waals surface area (Å²) in [6.45, 7) is 0. The first-order valence-electron chi connectivity index (χ1n) is 5.04. The van der Waals surface area contributed by atoms with Gasteiger partial charge in [0.2, 0.25) is 0 Å². The number of hydrogen-bond donors (Lipinski definition) is 0. The second-order valence-corrected chi connectivity index (χ2v) is 9.05. The maximum atomic E-state index is 11.6. The van der Waals surface area contributed by atoms with Crippen LogP contribution in [0.3, 0.4) is 0 Å². The Morgan fingerprint density at radius 2 is 2.12 bits per heavy atom. The van der Waals surface area contributed by atoms with E-state index in [9.17, 15) is 14.9 Å². The summed E-state index contributed by atoms with van der Waals surface area (Å²) in [6, 6.07) is 8.28. The Bertz CT molecular complexity index is 668. The van der Waals surface area contributed by atoms with E-state index in [1.165, 1.54) is 6.07 Å². The first-order chi connectivity index (χ1) is 8.16. The maximum absolute atomic E-state index is 11.6. The monoisotopic (exact) mass is 417 g/mol. The fraction of sp³-hybridized carbons (Fsp3) is 0. The Morgan fingerprint density at radius 1 is 1.29 bits per heavy atom. The minimum absolute atomic E-state index is 0.0719. The molecule has 0 saturated carbocycles. The molecule has 1 heterocycles. The predicted octanol–water partition coefficient (Wildman–Crippen LogP) is 1.54. The Labute approximate surface area is 109 Å². The molecule has 1 aliphatic rings. The van der Waals surface area contributed by atoms with Crippen molar-refractivity contribution < 1.29 is 37.4 Å². The zero-order valence-corrected chi connectivity index (χ0v) is 14.2. The Hall–Kier alpha value is -1.49. The van der Waals surface area contributed by atoms with Gasteiger partial charge in [-0.2, -0.15) is 0 Å². The molecule has 0 fully saturated rings. The van der Waals surface area contributed by atoms with Gasteiger partial charge in [-0.15, -0.1) is 0 Å². The van der Waals surface area contributed by atoms with Crippen LogP contribution in [0.1, 0.15) is 10.4 Å². The topological polar surface area (TPSA) is 69.4 Å². The van der Waals surface area contributed by atoms with Gasteiger partial charge in [-0.1, -0.05) is 0 Å². The molecule has 0 aromatic heterocycles. The van der Waals surface area contributed by atoms with Gasteiger partial charge in [0.25, 0.3) is 0 Å². The number of nitrogens with zero attached hydrogens (tertiary/aromatic N) is 1. The van der Waals surface area contributed by atoms with E-state index in [0.29, 0.717) is 5.56 Å². The minimum atomic E-state index is -1.98. The third-order valence-electron chi connectivity index (χ3n) is 2.83. The molecule has 2 aromatic carbocycles. The van der Waals surface area contributed by atoms with Crippen LogP contribution in [0.4, 0.5) is 5.69 Å². The number of hydrogen-bond acceptors (Lipinski definition) is 4. The van der Waals surface area contributed by atoms with E-state index >= 15 is 0 Å². The molecule has 2 aromatic rings. The van der Waals surface area contributed by atoms with E-state index in [1.54, 1.807) is 24.3 Å². The van der Waals surface area contributed by atoms with Crippen molar-refractivity contribution in [2.45, 2.75) is 0 Å². The van der Waals surface area contributed by atoms with Gasteiger partial charge in [-0.25, -0.2) is 0 Å². The van der Waals surface area contributed by atoms with Crippen molar-refractivity contribution in [3.63, 3.8) is 0 Å². The molecule has 0 N–H and O–H groups in total. The van der Waals surface area contributed by atoms with Crippen molar-refractivity contribution in [1.29, 1.82) is 0 Å². The van der Waals surface area contributed by atoms with E-state index in [1.807, 2.05) is 0 Å². The zero-order chi connectivity index (χ0) is 12.0. The molecule has 6 heteroatoms. The van der Waals surface area contributed by atoms with Gasteiger partial charge < -0.3 is 0 Å². The molecule has 0 aliphatic carbocycles. The van der Waals surface area contributed by atoms with Crippen LogP contribution in [0.5, 0.6) is 0 Å². The number of benzene rings is 2. The van der Waals surface area contributed by atoms with Crippen LogP contribution in [0.15, 0.2) is 30.3 Å². The molecule has 0 amide bonds. The molecule has 0 spiro atoms. The Balaban J connectivity index is 2.42. The van der Waals surface area contributed by atoms with Crippen LogP contribution in [0, 0.1) is 10.1 Å². The zero-order valence-electron chi connectivity index (χ0n) is 8.67. The summed E-state index contributed by atoms with van der Waals surface area (Å²) in [7, 11) is 0. The van der Waals surface area contributed by atoms with Crippen molar-refractivity contribution in [1.82, 2.24) is 0 Å². The summed E-state index contributed by atoms with van der Waals surface area (Å²) in [6.07, 6.45) is 0. The van der Waals surface area contributed by atoms with Crippen molar-refractivity contribution >= 4 is 25.5 Å². The van der Waals surface area contributed by atoms with Gasteiger partial charge in [0.1, 0.15) is 0 Å². The van der Waals surface area contributed by atoms with E-state index in [0.717, 1.165) is 13.8 Å². The summed E-state index contributed by atoms with van der Waals surface area (Å²) < 4.78 is 6.10. The molecule has 0 radical (unpaired) electrons. The number of carbonyl (C=O) groups excluding carboxylic acids is 1. The van der Waals surface area contributed by atoms with Crippen molar-refractivity contribution in [2.24, 2.45) is 0 Å². The summed E-state index contributed by atoms with van der Waals surface area (Å²) in [5, 5.41) is 12.4. The molecule has 0 unspecified atom stereocenters. The van der Waals surface area contributed by atoms with E-state index in [-0.39, 0.29) is 11.7 Å². The summed E-state index contributed by atoms with van der Waals surface area (Å²) in [5.41, 5.74) is 0.598. The first kappa shape index (κ1) is 10.6. The standard InChI is InChI=1S/C11H6NO4.Hg/c13-11(14)10-3-1-2-7-6-8(12(15)16)4-5-9(7)10;/h1-4,6H,(H,13,14);/q;+1/p-1. The van der Waals surface area contributed by atoms with Crippen LogP contribution < -0.4 is 3.07 Å². The van der Waals surface area contributed by atoms with Crippen molar-refractivity contribution in [3.8, 4) is 0 Å². The predicted molar refractivity (Wildman–Crippen MR) is 55.7 cm³/mol. The molecule has 3 rings (SSSR count). The number of nitro groups is 1. The summed E-state index contributed by atoms with van der Waals surface area (Å²) in [4.78, 5) is 22.0. The average Bonchev–Trinajstić information content (AvgIpc) is 2.33. The third-order valence-corrected chi connectivity index (χ3v) is 7.79. The molecule has 0 atom stereocenters. The molecule has 0 saturated heterocycles. The van der Waals surface area contributed by atoms with E-state index in [4.69, 9.17) is 2.64 Å². The molecule has 17 heavy (non-hydrogen) atoms. The van der Waals surface area contributed by atoms with Crippen LogP contribution in [0.2, 0.25) is 0 Å². The van der Waals surface area contributed by atoms with Gasteiger partial charge in [0, 0.05) is 0 Å². The fourth-order valence-corrected chi connectivity index (χ4v) is 7.06. The number of rotatable bonds is 1. The molecule has 0 bridgehead atoms. The molecular formula is C11H5HgNO4. The number of nitro benzene ring substituents is 1. The Kier molecular flexibility index (Phi) is 2.36. The molecular weight excluding hydrogens is 411 g/mol. The van der Waals surface area contributed by atoms with Gasteiger partial charge in [-0.05, 0) is 0 Å². The molecule has 5 nitrogen and oxygen atoms in total. The Morgan fingerprint density at radius 3 is 2.88 bits per heavy atom. The summed E-state index contributed by atoms with van der Waals surface area (Å²) >= 11 is -1.98. The van der Waals surface area contributed by atoms with Gasteiger partial charge in [0.15, 0.2) is 0 Å². The van der Waals surface area contributed by atoms with Gasteiger partial charge in [-0.3, -0.25) is 0 Å². The van der Waals surface area contributed by atoms with Crippen LogP contribution in [-0.4, -0.2) is 10.9 Å². The normalized spacial score (nSPS) is 12.6. The van der Waals surface area contributed by atoms with E-state index in [2.05, 4.69) is 0 Å². The number of carbonyl (C=O) groups is 1. The third kappa shape index (κ3) is 1.61. The first-order valence-corrected chi connectivity index (χ1v) is 10.0. The second kappa shape index (κ2) is 3.77. The van der Waals surface area contributed by atoms with Crippen molar-refractivity contribution in [3.05, 3.63) is 46.0 Å². The fourth-order valence-electron chi connectivity index (χ4n) is 2.11. The average molecular weight is 416 g/mol. The van der Waals surface area contributed by atoms with Gasteiger partial charge >= 0.3 is 109 Å². The van der Waals surface area contributed by atoms with Crippen LogP contribution in [-0.2, 0) is 27.7 Å². The van der Waals surface area contributed by atoms with Crippen molar-refractivity contribution in [2.75, 3.05) is 0 Å². The van der Waals surface area contributed by atoms with Gasteiger partial charge in [0.05, 0.1) is 0 Å². The van der Waals surface area contributed by atoms with E-state index < -0.39 is 30.0 Å². The molecule has 80 valence electrons. The molecule has 1 aliphatic heterocycles. The van der Waals surface area contributed by atoms with Crippen LogP contribution in [0.25, 0.3) is 10.8 Å². The SMILES string of the molecule is O=C1[O][Hg][c]2cc([N+](=O)[O-])cc3cccc1c23. The quantitative estimate of drug-likeness (QED) is 0.402.